The van der Waals surface area contributed by atoms with Gasteiger partial charge in [0.05, 0.1) is 6.54 Å². The highest BCUT2D eigenvalue weighted by Gasteiger charge is 2.15. The quantitative estimate of drug-likeness (QED) is 0.674. The molecular formula is C7H6FN3O2. The molecule has 6 heteroatoms. The normalized spacial score (nSPS) is 14.4. The molecule has 0 unspecified atom stereocenters. The summed E-state index contributed by atoms with van der Waals surface area (Å²) in [6, 6.07) is 0. The van der Waals surface area contributed by atoms with E-state index in [9.17, 15) is 9.18 Å². The van der Waals surface area contributed by atoms with Gasteiger partial charge in [0, 0.05) is 12.4 Å². The van der Waals surface area contributed by atoms with Gasteiger partial charge in [-0.25, -0.2) is 14.2 Å². The number of anilines is 1. The fourth-order valence-electron chi connectivity index (χ4n) is 1.09. The second-order valence-electron chi connectivity index (χ2n) is 2.59. The van der Waals surface area contributed by atoms with Crippen molar-refractivity contribution in [2.75, 3.05) is 11.9 Å². The first-order valence-electron chi connectivity index (χ1n) is 3.59. The number of aromatic carboxylic acids is 1. The van der Waals surface area contributed by atoms with Gasteiger partial charge < -0.3 is 10.4 Å². The Hall–Kier alpha value is -1.85. The van der Waals surface area contributed by atoms with E-state index in [1.54, 1.807) is 0 Å². The lowest BCUT2D eigenvalue weighted by molar-refractivity contribution is 0.0691. The maximum atomic E-state index is 12.7. The lowest BCUT2D eigenvalue weighted by Crippen LogP contribution is -2.11. The second-order valence-corrected chi connectivity index (χ2v) is 2.59. The number of carboxylic acids is 1. The molecule has 1 aromatic heterocycles. The van der Waals surface area contributed by atoms with Crippen molar-refractivity contribution in [2.45, 2.75) is 0 Å². The van der Waals surface area contributed by atoms with Crippen LogP contribution in [0.4, 0.5) is 10.3 Å². The van der Waals surface area contributed by atoms with E-state index in [1.165, 1.54) is 17.0 Å². The third-order valence-electron chi connectivity index (χ3n) is 1.65. The van der Waals surface area contributed by atoms with Crippen molar-refractivity contribution in [3.63, 3.8) is 0 Å². The van der Waals surface area contributed by atoms with E-state index >= 15 is 0 Å². The summed E-state index contributed by atoms with van der Waals surface area (Å²) in [4.78, 5) is 14.2. The van der Waals surface area contributed by atoms with Gasteiger partial charge in [-0.3, -0.25) is 4.57 Å². The van der Waals surface area contributed by atoms with Crippen LogP contribution >= 0.6 is 0 Å². The first-order valence-corrected chi connectivity index (χ1v) is 3.59. The van der Waals surface area contributed by atoms with Crippen LogP contribution in [0.1, 0.15) is 10.5 Å². The summed E-state index contributed by atoms with van der Waals surface area (Å²) in [5.41, 5.74) is -0.103. The van der Waals surface area contributed by atoms with Gasteiger partial charge in [-0.1, -0.05) is 0 Å². The molecule has 0 spiro atoms. The number of rotatable bonds is 1. The van der Waals surface area contributed by atoms with E-state index in [0.717, 1.165) is 0 Å². The number of fused-ring (bicyclic) bond motifs is 1. The summed E-state index contributed by atoms with van der Waals surface area (Å²) in [6.07, 6.45) is 2.45. The first-order chi connectivity index (χ1) is 6.16. The number of hydrogen-bond donors (Lipinski definition) is 2. The summed E-state index contributed by atoms with van der Waals surface area (Å²) in [5, 5.41) is 11.2. The highest BCUT2D eigenvalue weighted by Crippen LogP contribution is 2.16. The van der Waals surface area contributed by atoms with Gasteiger partial charge in [0.25, 0.3) is 0 Å². The summed E-state index contributed by atoms with van der Waals surface area (Å²) in [7, 11) is 0. The number of nitrogens with one attached hydrogen (secondary N) is 1. The fraction of sp³-hybridized carbons (Fsp3) is 0.143. The lowest BCUT2D eigenvalue weighted by Gasteiger charge is -2.09. The standard InChI is InChI=1S/C7H6FN3O2/c8-4-1-9-7-10-5(6(12)13)3-11(7)2-4/h2-3H,1H2,(H,9,10)(H,12,13). The summed E-state index contributed by atoms with van der Waals surface area (Å²) >= 11 is 0. The molecule has 0 saturated carbocycles. The lowest BCUT2D eigenvalue weighted by atomic mass is 10.5. The van der Waals surface area contributed by atoms with Gasteiger partial charge in [-0.2, -0.15) is 0 Å². The molecule has 2 rings (SSSR count). The molecule has 0 saturated heterocycles. The molecule has 1 aromatic rings. The summed E-state index contributed by atoms with van der Waals surface area (Å²) in [5.74, 6) is -1.14. The van der Waals surface area contributed by atoms with Crippen LogP contribution in [0, 0.1) is 0 Å². The number of halogens is 1. The monoisotopic (exact) mass is 183 g/mol. The second kappa shape index (κ2) is 2.58. The number of hydrogen-bond acceptors (Lipinski definition) is 3. The minimum atomic E-state index is -1.13. The van der Waals surface area contributed by atoms with Crippen LogP contribution < -0.4 is 5.32 Å². The molecule has 1 aliphatic rings. The topological polar surface area (TPSA) is 67.1 Å². The molecule has 13 heavy (non-hydrogen) atoms. The third kappa shape index (κ3) is 1.26. The van der Waals surface area contributed by atoms with Crippen LogP contribution in [0.5, 0.6) is 0 Å². The van der Waals surface area contributed by atoms with Crippen LogP contribution in [-0.4, -0.2) is 27.2 Å². The van der Waals surface area contributed by atoms with Crippen LogP contribution in [0.2, 0.25) is 0 Å². The Kier molecular flexibility index (Phi) is 1.54. The average Bonchev–Trinajstić information content (AvgIpc) is 2.46. The average molecular weight is 183 g/mol. The van der Waals surface area contributed by atoms with Gasteiger partial charge in [0.2, 0.25) is 5.95 Å². The van der Waals surface area contributed by atoms with Crippen molar-refractivity contribution in [2.24, 2.45) is 0 Å². The molecule has 0 amide bonds. The summed E-state index contributed by atoms with van der Waals surface area (Å²) < 4.78 is 14.0. The van der Waals surface area contributed by atoms with E-state index in [0.29, 0.717) is 5.95 Å². The highest BCUT2D eigenvalue weighted by molar-refractivity contribution is 5.86. The van der Waals surface area contributed by atoms with Crippen molar-refractivity contribution >= 4 is 18.1 Å². The molecule has 0 atom stereocenters. The molecule has 0 radical (unpaired) electrons. The molecular weight excluding hydrogens is 177 g/mol. The van der Waals surface area contributed by atoms with Crippen molar-refractivity contribution in [1.29, 1.82) is 0 Å². The number of imidazole rings is 1. The van der Waals surface area contributed by atoms with Crippen molar-refractivity contribution in [3.05, 3.63) is 17.7 Å². The molecule has 0 bridgehead atoms. The van der Waals surface area contributed by atoms with Gasteiger partial charge in [0.15, 0.2) is 5.69 Å². The molecule has 1 aliphatic heterocycles. The minimum Gasteiger partial charge on any atom is -0.476 e. The third-order valence-corrected chi connectivity index (χ3v) is 1.65. The minimum absolute atomic E-state index is 0.0517. The highest BCUT2D eigenvalue weighted by atomic mass is 19.1. The predicted octanol–water partition coefficient (Wildman–Crippen LogP) is 0.775. The number of carboxylic acid groups (broad SMARTS) is 1. The van der Waals surface area contributed by atoms with Gasteiger partial charge in [-0.15, -0.1) is 0 Å². The fourth-order valence-corrected chi connectivity index (χ4v) is 1.09. The van der Waals surface area contributed by atoms with E-state index in [4.69, 9.17) is 5.11 Å². The molecule has 2 N–H and O–H groups in total. The van der Waals surface area contributed by atoms with Gasteiger partial charge >= 0.3 is 5.97 Å². The van der Waals surface area contributed by atoms with Crippen LogP contribution in [-0.2, 0) is 0 Å². The summed E-state index contributed by atoms with van der Waals surface area (Å²) in [6.45, 7) is 0.0517. The van der Waals surface area contributed by atoms with Crippen molar-refractivity contribution in [3.8, 4) is 0 Å². The zero-order chi connectivity index (χ0) is 9.42. The van der Waals surface area contributed by atoms with E-state index in [2.05, 4.69) is 10.3 Å². The Balaban J connectivity index is 2.46. The van der Waals surface area contributed by atoms with Gasteiger partial charge in [-0.05, 0) is 0 Å². The molecule has 68 valence electrons. The van der Waals surface area contributed by atoms with E-state index in [1.807, 2.05) is 0 Å². The van der Waals surface area contributed by atoms with Crippen molar-refractivity contribution < 1.29 is 14.3 Å². The van der Waals surface area contributed by atoms with E-state index in [-0.39, 0.29) is 18.1 Å². The number of aromatic nitrogens is 2. The zero-order valence-corrected chi connectivity index (χ0v) is 6.49. The molecule has 0 fully saturated rings. The zero-order valence-electron chi connectivity index (χ0n) is 6.49. The Bertz CT molecular complexity index is 396. The van der Waals surface area contributed by atoms with Crippen LogP contribution in [0.15, 0.2) is 12.0 Å². The van der Waals surface area contributed by atoms with Gasteiger partial charge in [0.1, 0.15) is 5.83 Å². The molecule has 0 aliphatic carbocycles. The Labute approximate surface area is 72.5 Å². The Morgan fingerprint density at radius 1 is 1.77 bits per heavy atom. The van der Waals surface area contributed by atoms with Crippen LogP contribution in [0.3, 0.4) is 0 Å². The largest absolute Gasteiger partial charge is 0.476 e. The SMILES string of the molecule is O=C(O)c1cn2c(n1)NCC(F)=C2. The Morgan fingerprint density at radius 2 is 2.54 bits per heavy atom. The van der Waals surface area contributed by atoms with E-state index < -0.39 is 5.97 Å². The van der Waals surface area contributed by atoms with Crippen LogP contribution in [0.25, 0.3) is 6.20 Å². The number of nitrogens with zero attached hydrogens (tertiary/aromatic N) is 2. The smallest absolute Gasteiger partial charge is 0.356 e. The maximum Gasteiger partial charge on any atom is 0.356 e. The Morgan fingerprint density at radius 3 is 3.23 bits per heavy atom. The first kappa shape index (κ1) is 7.78. The molecule has 5 nitrogen and oxygen atoms in total. The number of carbonyl (C=O) groups is 1. The van der Waals surface area contributed by atoms with Crippen molar-refractivity contribution in [1.82, 2.24) is 9.55 Å². The molecule has 2 heterocycles. The molecule has 0 aromatic carbocycles. The maximum absolute atomic E-state index is 12.7. The predicted molar refractivity (Wildman–Crippen MR) is 43.1 cm³/mol.